The molecule has 7 nitrogen and oxygen atoms in total. The van der Waals surface area contributed by atoms with Gasteiger partial charge in [0.15, 0.2) is 0 Å². The van der Waals surface area contributed by atoms with Gasteiger partial charge in [0.2, 0.25) is 0 Å². The highest BCUT2D eigenvalue weighted by Gasteiger charge is 2.26. The Morgan fingerprint density at radius 3 is 2.47 bits per heavy atom. The van der Waals surface area contributed by atoms with E-state index >= 15 is 0 Å². The summed E-state index contributed by atoms with van der Waals surface area (Å²) in [6, 6.07) is 14.6. The molecule has 0 aliphatic carbocycles. The van der Waals surface area contributed by atoms with Crippen LogP contribution in [0.15, 0.2) is 71.8 Å². The van der Waals surface area contributed by atoms with Crippen molar-refractivity contribution in [2.75, 3.05) is 7.11 Å². The summed E-state index contributed by atoms with van der Waals surface area (Å²) in [5.41, 5.74) is 2.56. The lowest BCUT2D eigenvalue weighted by Crippen LogP contribution is -2.43. The van der Waals surface area contributed by atoms with Crippen molar-refractivity contribution in [3.63, 3.8) is 0 Å². The summed E-state index contributed by atoms with van der Waals surface area (Å²) in [6.07, 6.45) is 3.48. The monoisotopic (exact) mass is 523 g/mol. The number of amides is 1. The maximum absolute atomic E-state index is 13.0. The van der Waals surface area contributed by atoms with E-state index in [9.17, 15) is 14.4 Å². The predicted octanol–water partition coefficient (Wildman–Crippen LogP) is 4.90. The molecule has 184 valence electrons. The van der Waals surface area contributed by atoms with Crippen LogP contribution < -0.4 is 10.9 Å². The molecule has 2 aromatic heterocycles. The van der Waals surface area contributed by atoms with Crippen LogP contribution in [0.3, 0.4) is 0 Å². The molecule has 0 saturated heterocycles. The van der Waals surface area contributed by atoms with Crippen molar-refractivity contribution in [3.8, 4) is 11.1 Å². The molecule has 0 unspecified atom stereocenters. The van der Waals surface area contributed by atoms with E-state index in [-0.39, 0.29) is 27.6 Å². The zero-order chi connectivity index (χ0) is 25.8. The van der Waals surface area contributed by atoms with Crippen molar-refractivity contribution >= 4 is 46.0 Å². The smallest absolute Gasteiger partial charge is 0.328 e. The number of benzene rings is 2. The molecule has 0 radical (unpaired) electrons. The summed E-state index contributed by atoms with van der Waals surface area (Å²) in [4.78, 5) is 43.1. The zero-order valence-electron chi connectivity index (χ0n) is 19.6. The molecule has 2 heterocycles. The molecule has 0 aliphatic rings. The molecule has 1 atom stereocenters. The second kappa shape index (κ2) is 10.9. The van der Waals surface area contributed by atoms with Gasteiger partial charge in [0, 0.05) is 36.3 Å². The first-order chi connectivity index (χ1) is 17.3. The zero-order valence-corrected chi connectivity index (χ0v) is 21.1. The summed E-state index contributed by atoms with van der Waals surface area (Å²) >= 11 is 12.3. The summed E-state index contributed by atoms with van der Waals surface area (Å²) in [6.45, 7) is 2.46. The Hall–Kier alpha value is -3.68. The first-order valence-electron chi connectivity index (χ1n) is 11.2. The molecule has 4 rings (SSSR count). The van der Waals surface area contributed by atoms with E-state index in [2.05, 4.69) is 10.3 Å². The molecule has 0 spiro atoms. The predicted molar refractivity (Wildman–Crippen MR) is 141 cm³/mol. The van der Waals surface area contributed by atoms with Gasteiger partial charge in [0.05, 0.1) is 28.2 Å². The molecule has 9 heteroatoms. The van der Waals surface area contributed by atoms with E-state index < -0.39 is 17.9 Å². The summed E-state index contributed by atoms with van der Waals surface area (Å²) in [7, 11) is 1.25. The summed E-state index contributed by atoms with van der Waals surface area (Å²) in [5.74, 6) is -1.23. The highest BCUT2D eigenvalue weighted by Crippen LogP contribution is 2.29. The SMILES string of the molecule is CCn1cccc(-c2ccc(C[C@H](NC(=O)c3c(Cl)cccc3Cl)C(=O)OC)c3ncccc23)c1=O. The molecule has 0 fully saturated rings. The molecule has 0 bridgehead atoms. The quantitative estimate of drug-likeness (QED) is 0.347. The average molecular weight is 524 g/mol. The third kappa shape index (κ3) is 4.98. The number of hydrogen-bond donors (Lipinski definition) is 1. The third-order valence-electron chi connectivity index (χ3n) is 5.91. The third-order valence-corrected chi connectivity index (χ3v) is 6.54. The Morgan fingerprint density at radius 1 is 1.03 bits per heavy atom. The second-order valence-electron chi connectivity index (χ2n) is 8.03. The number of nitrogens with zero attached hydrogens (tertiary/aromatic N) is 2. The number of halogens is 2. The Balaban J connectivity index is 1.74. The number of aromatic nitrogens is 2. The lowest BCUT2D eigenvalue weighted by Gasteiger charge is -2.19. The maximum Gasteiger partial charge on any atom is 0.328 e. The number of methoxy groups -OCH3 is 1. The van der Waals surface area contributed by atoms with Crippen LogP contribution in [0.5, 0.6) is 0 Å². The number of ether oxygens (including phenoxy) is 1. The Bertz CT molecular complexity index is 1500. The highest BCUT2D eigenvalue weighted by atomic mass is 35.5. The summed E-state index contributed by atoms with van der Waals surface area (Å²) < 4.78 is 6.58. The molecule has 1 N–H and O–H groups in total. The number of rotatable bonds is 7. The van der Waals surface area contributed by atoms with Gasteiger partial charge >= 0.3 is 5.97 Å². The van der Waals surface area contributed by atoms with Crippen molar-refractivity contribution in [1.29, 1.82) is 0 Å². The lowest BCUT2D eigenvalue weighted by atomic mass is 9.95. The van der Waals surface area contributed by atoms with Crippen LogP contribution in [0.2, 0.25) is 10.0 Å². The van der Waals surface area contributed by atoms with E-state index in [0.717, 1.165) is 10.9 Å². The number of aryl methyl sites for hydroxylation is 1. The molecule has 36 heavy (non-hydrogen) atoms. The number of esters is 1. The van der Waals surface area contributed by atoms with E-state index in [1.54, 1.807) is 53.4 Å². The van der Waals surface area contributed by atoms with Gasteiger partial charge < -0.3 is 14.6 Å². The van der Waals surface area contributed by atoms with Crippen LogP contribution >= 0.6 is 23.2 Å². The molecule has 4 aromatic rings. The van der Waals surface area contributed by atoms with Gasteiger partial charge in [-0.15, -0.1) is 0 Å². The first-order valence-corrected chi connectivity index (χ1v) is 12.0. The minimum atomic E-state index is -1.03. The largest absolute Gasteiger partial charge is 0.467 e. The van der Waals surface area contributed by atoms with E-state index in [0.29, 0.717) is 23.2 Å². The fourth-order valence-electron chi connectivity index (χ4n) is 4.12. The number of fused-ring (bicyclic) bond motifs is 1. The number of carbonyl (C=O) groups excluding carboxylic acids is 2. The van der Waals surface area contributed by atoms with Gasteiger partial charge in [-0.1, -0.05) is 47.5 Å². The van der Waals surface area contributed by atoms with Crippen LogP contribution in [-0.4, -0.2) is 34.6 Å². The van der Waals surface area contributed by atoms with E-state index in [1.807, 2.05) is 25.1 Å². The molecular formula is C27H23Cl2N3O4. The number of nitrogens with one attached hydrogen (secondary N) is 1. The second-order valence-corrected chi connectivity index (χ2v) is 8.85. The Kier molecular flexibility index (Phi) is 7.72. The minimum absolute atomic E-state index is 0.0735. The normalized spacial score (nSPS) is 11.8. The van der Waals surface area contributed by atoms with Crippen LogP contribution in [-0.2, 0) is 22.5 Å². The van der Waals surface area contributed by atoms with Crippen molar-refractivity contribution in [1.82, 2.24) is 14.9 Å². The fourth-order valence-corrected chi connectivity index (χ4v) is 4.69. The first kappa shape index (κ1) is 25.4. The molecule has 1 amide bonds. The summed E-state index contributed by atoms with van der Waals surface area (Å²) in [5, 5.41) is 3.78. The van der Waals surface area contributed by atoms with E-state index in [1.165, 1.54) is 7.11 Å². The van der Waals surface area contributed by atoms with E-state index in [4.69, 9.17) is 27.9 Å². The van der Waals surface area contributed by atoms with Gasteiger partial charge in [-0.2, -0.15) is 0 Å². The van der Waals surface area contributed by atoms with Crippen molar-refractivity contribution < 1.29 is 14.3 Å². The number of hydrogen-bond acceptors (Lipinski definition) is 5. The van der Waals surface area contributed by atoms with Gasteiger partial charge in [0.1, 0.15) is 6.04 Å². The topological polar surface area (TPSA) is 90.3 Å². The molecule has 0 aliphatic heterocycles. The van der Waals surface area contributed by atoms with Crippen molar-refractivity contribution in [3.05, 3.63) is 98.5 Å². The minimum Gasteiger partial charge on any atom is -0.467 e. The Labute approximate surface area is 217 Å². The van der Waals surface area contributed by atoms with Gasteiger partial charge in [0.25, 0.3) is 11.5 Å². The van der Waals surface area contributed by atoms with Crippen LogP contribution in [0.1, 0.15) is 22.8 Å². The van der Waals surface area contributed by atoms with Gasteiger partial charge in [-0.05, 0) is 48.4 Å². The number of carbonyl (C=O) groups is 2. The van der Waals surface area contributed by atoms with Crippen molar-refractivity contribution in [2.24, 2.45) is 0 Å². The molecular weight excluding hydrogens is 501 g/mol. The van der Waals surface area contributed by atoms with Gasteiger partial charge in [-0.25, -0.2) is 4.79 Å². The number of pyridine rings is 2. The maximum atomic E-state index is 13.0. The average Bonchev–Trinajstić information content (AvgIpc) is 2.88. The fraction of sp³-hybridized carbons (Fsp3) is 0.185. The molecule has 0 saturated carbocycles. The highest BCUT2D eigenvalue weighted by molar-refractivity contribution is 6.39. The lowest BCUT2D eigenvalue weighted by molar-refractivity contribution is -0.142. The Morgan fingerprint density at radius 2 is 1.78 bits per heavy atom. The van der Waals surface area contributed by atoms with Gasteiger partial charge in [-0.3, -0.25) is 14.6 Å². The molecule has 2 aromatic carbocycles. The van der Waals surface area contributed by atoms with Crippen LogP contribution in [0.25, 0.3) is 22.0 Å². The van der Waals surface area contributed by atoms with Crippen LogP contribution in [0.4, 0.5) is 0 Å². The van der Waals surface area contributed by atoms with Crippen LogP contribution in [0, 0.1) is 0 Å². The standard InChI is InChI=1S/C27H23Cl2N3O4/c1-3-32-14-6-8-19(26(32)34)17-12-11-16(24-18(17)7-5-13-30-24)15-22(27(35)36-2)31-25(33)23-20(28)9-4-10-21(23)29/h4-14,22H,3,15H2,1-2H3,(H,31,33)/t22-/m0/s1. The van der Waals surface area contributed by atoms with Crippen molar-refractivity contribution in [2.45, 2.75) is 25.9 Å².